The van der Waals surface area contributed by atoms with Crippen molar-refractivity contribution in [3.8, 4) is 11.8 Å². The Bertz CT molecular complexity index is 253. The van der Waals surface area contributed by atoms with Gasteiger partial charge in [-0.05, 0) is 19.9 Å². The second-order valence-corrected chi connectivity index (χ2v) is 3.74. The molecule has 0 bridgehead atoms. The fourth-order valence-electron chi connectivity index (χ4n) is 0.715. The van der Waals surface area contributed by atoms with Crippen LogP contribution in [0.1, 0.15) is 27.7 Å². The summed E-state index contributed by atoms with van der Waals surface area (Å²) < 4.78 is 0. The van der Waals surface area contributed by atoms with Gasteiger partial charge in [0.25, 0.3) is 0 Å². The minimum Gasteiger partial charge on any atom is -0.337 e. The van der Waals surface area contributed by atoms with E-state index in [1.54, 1.807) is 0 Å². The lowest BCUT2D eigenvalue weighted by atomic mass is 10.1. The van der Waals surface area contributed by atoms with Crippen molar-refractivity contribution < 1.29 is 4.79 Å². The monoisotopic (exact) mass is 179 g/mol. The summed E-state index contributed by atoms with van der Waals surface area (Å²) in [6.45, 7) is 11.1. The first-order valence-electron chi connectivity index (χ1n) is 4.34. The van der Waals surface area contributed by atoms with E-state index in [1.165, 1.54) is 6.08 Å². The molecule has 1 N–H and O–H groups in total. The highest BCUT2D eigenvalue weighted by Gasteiger charge is 2.15. The fourth-order valence-corrected chi connectivity index (χ4v) is 0.715. The molecule has 0 radical (unpaired) electrons. The second-order valence-electron chi connectivity index (χ2n) is 3.74. The maximum Gasteiger partial charge on any atom is 0.244 e. The molecule has 1 amide bonds. The van der Waals surface area contributed by atoms with Gasteiger partial charge in [-0.25, -0.2) is 0 Å². The maximum atomic E-state index is 11.0. The second kappa shape index (κ2) is 4.71. The van der Waals surface area contributed by atoms with E-state index in [0.29, 0.717) is 5.92 Å². The standard InChI is InChI=1S/C11H17NO/c1-6-10(13)12-11(4,5)8-7-9(2)3/h6,9H,1H2,2-5H3,(H,12,13). The average molecular weight is 179 g/mol. The van der Waals surface area contributed by atoms with Crippen molar-refractivity contribution in [3.05, 3.63) is 12.7 Å². The Morgan fingerprint density at radius 1 is 1.54 bits per heavy atom. The van der Waals surface area contributed by atoms with E-state index in [4.69, 9.17) is 0 Å². The number of nitrogens with one attached hydrogen (secondary N) is 1. The number of amides is 1. The third-order valence-electron chi connectivity index (χ3n) is 1.29. The first-order valence-corrected chi connectivity index (χ1v) is 4.34. The van der Waals surface area contributed by atoms with E-state index in [9.17, 15) is 4.79 Å². The summed E-state index contributed by atoms with van der Waals surface area (Å²) in [6, 6.07) is 0. The van der Waals surface area contributed by atoms with Crippen LogP contribution in [0, 0.1) is 17.8 Å². The summed E-state index contributed by atoms with van der Waals surface area (Å²) in [5, 5.41) is 2.73. The highest BCUT2D eigenvalue weighted by molar-refractivity contribution is 5.87. The van der Waals surface area contributed by atoms with Gasteiger partial charge >= 0.3 is 0 Å². The first kappa shape index (κ1) is 11.8. The molecule has 2 heteroatoms. The van der Waals surface area contributed by atoms with E-state index in [2.05, 4.69) is 23.7 Å². The molecule has 0 atom stereocenters. The van der Waals surface area contributed by atoms with Crippen molar-refractivity contribution in [1.82, 2.24) is 5.32 Å². The summed E-state index contributed by atoms with van der Waals surface area (Å²) in [6.07, 6.45) is 1.25. The Labute approximate surface area is 80.4 Å². The Balaban J connectivity index is 4.34. The van der Waals surface area contributed by atoms with Crippen LogP contribution in [-0.2, 0) is 4.79 Å². The molecule has 0 aromatic heterocycles. The van der Waals surface area contributed by atoms with Gasteiger partial charge in [-0.3, -0.25) is 4.79 Å². The van der Waals surface area contributed by atoms with Crippen molar-refractivity contribution in [3.63, 3.8) is 0 Å². The van der Waals surface area contributed by atoms with E-state index >= 15 is 0 Å². The predicted octanol–water partition coefficient (Wildman–Crippen LogP) is 1.73. The van der Waals surface area contributed by atoms with E-state index in [-0.39, 0.29) is 5.91 Å². The third kappa shape index (κ3) is 5.98. The van der Waals surface area contributed by atoms with Crippen molar-refractivity contribution in [2.75, 3.05) is 0 Å². The molecule has 0 aliphatic rings. The molecule has 0 saturated heterocycles. The summed E-state index contributed by atoms with van der Waals surface area (Å²) in [5.41, 5.74) is -0.477. The molecule has 0 heterocycles. The van der Waals surface area contributed by atoms with Crippen LogP contribution >= 0.6 is 0 Å². The summed E-state index contributed by atoms with van der Waals surface area (Å²) in [4.78, 5) is 11.0. The number of hydrogen-bond acceptors (Lipinski definition) is 1. The van der Waals surface area contributed by atoms with Crippen LogP contribution in [-0.4, -0.2) is 11.4 Å². The van der Waals surface area contributed by atoms with Gasteiger partial charge < -0.3 is 5.32 Å². The molecule has 0 aliphatic carbocycles. The smallest absolute Gasteiger partial charge is 0.244 e. The molecule has 0 saturated carbocycles. The Morgan fingerprint density at radius 3 is 2.46 bits per heavy atom. The number of rotatable bonds is 2. The van der Waals surface area contributed by atoms with Gasteiger partial charge in [0.15, 0.2) is 0 Å². The zero-order chi connectivity index (χ0) is 10.5. The van der Waals surface area contributed by atoms with E-state index in [0.717, 1.165) is 0 Å². The zero-order valence-corrected chi connectivity index (χ0v) is 8.77. The van der Waals surface area contributed by atoms with E-state index < -0.39 is 5.54 Å². The van der Waals surface area contributed by atoms with Crippen LogP contribution in [0.5, 0.6) is 0 Å². The highest BCUT2D eigenvalue weighted by atomic mass is 16.1. The Hall–Kier alpha value is -1.23. The third-order valence-corrected chi connectivity index (χ3v) is 1.29. The molecular weight excluding hydrogens is 162 g/mol. The lowest BCUT2D eigenvalue weighted by Crippen LogP contribution is -2.41. The van der Waals surface area contributed by atoms with Gasteiger partial charge in [0.1, 0.15) is 0 Å². The molecule has 13 heavy (non-hydrogen) atoms. The van der Waals surface area contributed by atoms with Gasteiger partial charge in [0, 0.05) is 5.92 Å². The predicted molar refractivity (Wildman–Crippen MR) is 55.0 cm³/mol. The number of hydrogen-bond donors (Lipinski definition) is 1. The first-order chi connectivity index (χ1) is 5.87. The number of carbonyl (C=O) groups excluding carboxylic acids is 1. The molecule has 0 rings (SSSR count). The summed E-state index contributed by atoms with van der Waals surface area (Å²) >= 11 is 0. The SMILES string of the molecule is C=CC(=O)NC(C)(C)C#CC(C)C. The van der Waals surface area contributed by atoms with Gasteiger partial charge in [-0.2, -0.15) is 0 Å². The fraction of sp³-hybridized carbons (Fsp3) is 0.545. The molecule has 0 fully saturated rings. The Morgan fingerprint density at radius 2 is 2.08 bits per heavy atom. The van der Waals surface area contributed by atoms with Crippen LogP contribution in [0.2, 0.25) is 0 Å². The van der Waals surface area contributed by atoms with Crippen molar-refractivity contribution in [1.29, 1.82) is 0 Å². The average Bonchev–Trinajstić information content (AvgIpc) is 2.00. The molecule has 0 aliphatic heterocycles. The molecule has 0 spiro atoms. The molecule has 0 aromatic rings. The van der Waals surface area contributed by atoms with Gasteiger partial charge in [-0.1, -0.05) is 32.3 Å². The lowest BCUT2D eigenvalue weighted by Gasteiger charge is -2.18. The van der Waals surface area contributed by atoms with Crippen molar-refractivity contribution in [2.45, 2.75) is 33.2 Å². The minimum atomic E-state index is -0.477. The van der Waals surface area contributed by atoms with E-state index in [1.807, 2.05) is 27.7 Å². The molecule has 0 unspecified atom stereocenters. The van der Waals surface area contributed by atoms with Crippen LogP contribution in [0.25, 0.3) is 0 Å². The minimum absolute atomic E-state index is 0.192. The maximum absolute atomic E-state index is 11.0. The molecular formula is C11H17NO. The normalized spacial score (nSPS) is 10.2. The summed E-state index contributed by atoms with van der Waals surface area (Å²) in [7, 11) is 0. The van der Waals surface area contributed by atoms with Crippen LogP contribution in [0.15, 0.2) is 12.7 Å². The molecule has 2 nitrogen and oxygen atoms in total. The summed E-state index contributed by atoms with van der Waals surface area (Å²) in [5.74, 6) is 6.14. The van der Waals surface area contributed by atoms with Crippen molar-refractivity contribution >= 4 is 5.91 Å². The van der Waals surface area contributed by atoms with Crippen molar-refractivity contribution in [2.24, 2.45) is 5.92 Å². The van der Waals surface area contributed by atoms with Crippen LogP contribution < -0.4 is 5.32 Å². The topological polar surface area (TPSA) is 29.1 Å². The lowest BCUT2D eigenvalue weighted by molar-refractivity contribution is -0.117. The molecule has 72 valence electrons. The van der Waals surface area contributed by atoms with Gasteiger partial charge in [0.2, 0.25) is 5.91 Å². The highest BCUT2D eigenvalue weighted by Crippen LogP contribution is 2.00. The number of carbonyl (C=O) groups is 1. The quantitative estimate of drug-likeness (QED) is 0.507. The molecule has 0 aromatic carbocycles. The Kier molecular flexibility index (Phi) is 4.27. The largest absolute Gasteiger partial charge is 0.337 e. The zero-order valence-electron chi connectivity index (χ0n) is 8.77. The van der Waals surface area contributed by atoms with Gasteiger partial charge in [-0.15, -0.1) is 0 Å². The van der Waals surface area contributed by atoms with Gasteiger partial charge in [0.05, 0.1) is 5.54 Å². The van der Waals surface area contributed by atoms with Crippen LogP contribution in [0.4, 0.5) is 0 Å². The van der Waals surface area contributed by atoms with Crippen LogP contribution in [0.3, 0.4) is 0 Å².